The molecule has 7 nitrogen and oxygen atoms in total. The minimum absolute atomic E-state index is 0.439. The molecule has 0 aliphatic heterocycles. The molecule has 0 radical (unpaired) electrons. The van der Waals surface area contributed by atoms with E-state index in [-0.39, 0.29) is 0 Å². The molecule has 3 N–H and O–H groups in total. The highest BCUT2D eigenvalue weighted by atomic mass is 16.6. The van der Waals surface area contributed by atoms with Crippen LogP contribution in [-0.2, 0) is 9.47 Å². The van der Waals surface area contributed by atoms with Crippen LogP contribution in [0.25, 0.3) is 0 Å². The number of amides is 2. The Morgan fingerprint density at radius 2 is 1.26 bits per heavy atom. The smallest absolute Gasteiger partial charge is 0.408 e. The molecule has 0 unspecified atom stereocenters. The standard InChI is InChI=1S/C16H33N3O4/c1-14(2,3)22-12(20)18-10-9-17-11-16(7,8)19-13(21)23-15(4,5)6/h17H,9-11H2,1-8H3,(H,18,20)(H,19,21). The summed E-state index contributed by atoms with van der Waals surface area (Å²) in [4.78, 5) is 23.2. The molecule has 0 aromatic carbocycles. The van der Waals surface area contributed by atoms with Crippen LogP contribution in [0.1, 0.15) is 55.4 Å². The predicted molar refractivity (Wildman–Crippen MR) is 90.6 cm³/mol. The normalized spacial score (nSPS) is 12.5. The lowest BCUT2D eigenvalue weighted by Crippen LogP contribution is -2.52. The van der Waals surface area contributed by atoms with Crippen LogP contribution >= 0.6 is 0 Å². The van der Waals surface area contributed by atoms with Gasteiger partial charge in [0.15, 0.2) is 0 Å². The molecule has 0 atom stereocenters. The molecular weight excluding hydrogens is 298 g/mol. The van der Waals surface area contributed by atoms with Crippen molar-refractivity contribution in [1.29, 1.82) is 0 Å². The highest BCUT2D eigenvalue weighted by Gasteiger charge is 2.24. The molecule has 0 saturated heterocycles. The van der Waals surface area contributed by atoms with Crippen molar-refractivity contribution in [3.63, 3.8) is 0 Å². The van der Waals surface area contributed by atoms with Crippen LogP contribution in [0.5, 0.6) is 0 Å². The Bertz CT molecular complexity index is 395. The topological polar surface area (TPSA) is 88.7 Å². The lowest BCUT2D eigenvalue weighted by Gasteiger charge is -2.29. The maximum Gasteiger partial charge on any atom is 0.408 e. The summed E-state index contributed by atoms with van der Waals surface area (Å²) >= 11 is 0. The summed E-state index contributed by atoms with van der Waals surface area (Å²) in [6.45, 7) is 16.2. The van der Waals surface area contributed by atoms with E-state index < -0.39 is 28.9 Å². The van der Waals surface area contributed by atoms with E-state index in [2.05, 4.69) is 16.0 Å². The summed E-state index contributed by atoms with van der Waals surface area (Å²) in [5.74, 6) is 0. The molecule has 23 heavy (non-hydrogen) atoms. The van der Waals surface area contributed by atoms with E-state index in [9.17, 15) is 9.59 Å². The number of carbonyl (C=O) groups excluding carboxylic acids is 2. The fraction of sp³-hybridized carbons (Fsp3) is 0.875. The van der Waals surface area contributed by atoms with Crippen LogP contribution in [0.4, 0.5) is 9.59 Å². The van der Waals surface area contributed by atoms with Gasteiger partial charge in [0.2, 0.25) is 0 Å². The van der Waals surface area contributed by atoms with Crippen molar-refractivity contribution in [1.82, 2.24) is 16.0 Å². The van der Waals surface area contributed by atoms with Crippen molar-refractivity contribution in [2.24, 2.45) is 0 Å². The molecule has 7 heteroatoms. The molecule has 0 aromatic heterocycles. The van der Waals surface area contributed by atoms with Crippen LogP contribution in [0, 0.1) is 0 Å². The third-order valence-electron chi connectivity index (χ3n) is 2.38. The summed E-state index contributed by atoms with van der Waals surface area (Å²) < 4.78 is 10.4. The number of rotatable bonds is 6. The number of alkyl carbamates (subject to hydrolysis) is 2. The van der Waals surface area contributed by atoms with Crippen molar-refractivity contribution < 1.29 is 19.1 Å². The first-order chi connectivity index (χ1) is 10.2. The molecule has 0 aliphatic rings. The van der Waals surface area contributed by atoms with Crippen molar-refractivity contribution in [3.8, 4) is 0 Å². The van der Waals surface area contributed by atoms with E-state index in [1.165, 1.54) is 0 Å². The zero-order valence-corrected chi connectivity index (χ0v) is 15.8. The van der Waals surface area contributed by atoms with Gasteiger partial charge in [0.25, 0.3) is 0 Å². The second-order valence-electron chi connectivity index (χ2n) is 8.12. The number of hydrogen-bond acceptors (Lipinski definition) is 5. The molecule has 2 amide bonds. The third-order valence-corrected chi connectivity index (χ3v) is 2.38. The molecule has 0 bridgehead atoms. The molecule has 0 spiro atoms. The van der Waals surface area contributed by atoms with Crippen LogP contribution in [0.3, 0.4) is 0 Å². The zero-order valence-electron chi connectivity index (χ0n) is 15.8. The largest absolute Gasteiger partial charge is 0.444 e. The SMILES string of the molecule is CC(C)(CNCCNC(=O)OC(C)(C)C)NC(=O)OC(C)(C)C. The second-order valence-corrected chi connectivity index (χ2v) is 8.12. The number of ether oxygens (including phenoxy) is 2. The highest BCUT2D eigenvalue weighted by Crippen LogP contribution is 2.09. The minimum atomic E-state index is -0.523. The van der Waals surface area contributed by atoms with Gasteiger partial charge in [-0.25, -0.2) is 9.59 Å². The average Bonchev–Trinajstić information content (AvgIpc) is 2.21. The van der Waals surface area contributed by atoms with E-state index in [0.717, 1.165) is 0 Å². The highest BCUT2D eigenvalue weighted by molar-refractivity contribution is 5.68. The van der Waals surface area contributed by atoms with Crippen molar-refractivity contribution >= 4 is 12.2 Å². The monoisotopic (exact) mass is 331 g/mol. The summed E-state index contributed by atoms with van der Waals surface area (Å²) in [6, 6.07) is 0. The third kappa shape index (κ3) is 13.9. The van der Waals surface area contributed by atoms with E-state index in [0.29, 0.717) is 19.6 Å². The van der Waals surface area contributed by atoms with Gasteiger partial charge in [0, 0.05) is 19.6 Å². The predicted octanol–water partition coefficient (Wildman–Crippen LogP) is 2.40. The van der Waals surface area contributed by atoms with Crippen LogP contribution in [0.15, 0.2) is 0 Å². The van der Waals surface area contributed by atoms with E-state index in [4.69, 9.17) is 9.47 Å². The van der Waals surface area contributed by atoms with Gasteiger partial charge in [-0.3, -0.25) is 0 Å². The molecule has 136 valence electrons. The van der Waals surface area contributed by atoms with E-state index in [1.54, 1.807) is 0 Å². The Balaban J connectivity index is 3.94. The Kier molecular flexibility index (Phi) is 7.83. The van der Waals surface area contributed by atoms with Gasteiger partial charge in [-0.15, -0.1) is 0 Å². The average molecular weight is 331 g/mol. The lowest BCUT2D eigenvalue weighted by molar-refractivity contribution is 0.0471. The van der Waals surface area contributed by atoms with Gasteiger partial charge >= 0.3 is 12.2 Å². The zero-order chi connectivity index (χ0) is 18.3. The summed E-state index contributed by atoms with van der Waals surface area (Å²) in [5.41, 5.74) is -1.49. The minimum Gasteiger partial charge on any atom is -0.444 e. The fourth-order valence-electron chi connectivity index (χ4n) is 1.59. The maximum absolute atomic E-state index is 11.8. The Labute approximate surface area is 139 Å². The Morgan fingerprint density at radius 1 is 0.783 bits per heavy atom. The van der Waals surface area contributed by atoms with E-state index >= 15 is 0 Å². The van der Waals surface area contributed by atoms with Gasteiger partial charge < -0.3 is 25.4 Å². The van der Waals surface area contributed by atoms with E-state index in [1.807, 2.05) is 55.4 Å². The molecule has 0 heterocycles. The maximum atomic E-state index is 11.8. The van der Waals surface area contributed by atoms with Gasteiger partial charge in [-0.1, -0.05) is 0 Å². The van der Waals surface area contributed by atoms with Crippen molar-refractivity contribution in [2.75, 3.05) is 19.6 Å². The van der Waals surface area contributed by atoms with Gasteiger partial charge in [0.05, 0.1) is 5.54 Å². The van der Waals surface area contributed by atoms with Crippen LogP contribution in [-0.4, -0.2) is 48.6 Å². The quantitative estimate of drug-likeness (QED) is 0.650. The van der Waals surface area contributed by atoms with Crippen molar-refractivity contribution in [3.05, 3.63) is 0 Å². The second kappa shape index (κ2) is 8.38. The molecule has 0 fully saturated rings. The molecule has 0 aromatic rings. The first-order valence-electron chi connectivity index (χ1n) is 7.89. The lowest BCUT2D eigenvalue weighted by atomic mass is 10.1. The van der Waals surface area contributed by atoms with Gasteiger partial charge in [0.1, 0.15) is 11.2 Å². The first-order valence-corrected chi connectivity index (χ1v) is 7.89. The molecular formula is C16H33N3O4. The Morgan fingerprint density at radius 3 is 1.74 bits per heavy atom. The number of hydrogen-bond donors (Lipinski definition) is 3. The van der Waals surface area contributed by atoms with Crippen molar-refractivity contribution in [2.45, 2.75) is 72.1 Å². The summed E-state index contributed by atoms with van der Waals surface area (Å²) in [5, 5.41) is 8.64. The number of carbonyl (C=O) groups is 2. The first kappa shape index (κ1) is 21.5. The molecule has 0 saturated carbocycles. The molecule has 0 aliphatic carbocycles. The molecule has 0 rings (SSSR count). The summed E-state index contributed by atoms with van der Waals surface area (Å²) in [6.07, 6.45) is -0.887. The van der Waals surface area contributed by atoms with Crippen LogP contribution < -0.4 is 16.0 Å². The number of nitrogens with one attached hydrogen (secondary N) is 3. The van der Waals surface area contributed by atoms with Gasteiger partial charge in [-0.05, 0) is 55.4 Å². The van der Waals surface area contributed by atoms with Gasteiger partial charge in [-0.2, -0.15) is 0 Å². The fourth-order valence-corrected chi connectivity index (χ4v) is 1.59. The van der Waals surface area contributed by atoms with Crippen LogP contribution in [0.2, 0.25) is 0 Å². The Hall–Kier alpha value is -1.50. The summed E-state index contributed by atoms with van der Waals surface area (Å²) in [7, 11) is 0.